The molecule has 0 radical (unpaired) electrons. The molecule has 1 saturated heterocycles. The van der Waals surface area contributed by atoms with Crippen LogP contribution in [0.4, 0.5) is 4.39 Å². The summed E-state index contributed by atoms with van der Waals surface area (Å²) in [6.07, 6.45) is 4.30. The number of halogens is 1. The molecule has 15 heavy (non-hydrogen) atoms. The van der Waals surface area contributed by atoms with E-state index in [1.165, 1.54) is 51.0 Å². The fraction of sp³-hybridized carbons (Fsp3) is 0.538. The second-order valence-electron chi connectivity index (χ2n) is 3.79. The van der Waals surface area contributed by atoms with Gasteiger partial charge in [0.05, 0.1) is 0 Å². The summed E-state index contributed by atoms with van der Waals surface area (Å²) >= 11 is 0. The molecule has 0 aliphatic carbocycles. The average Bonchev–Trinajstić information content (AvgIpc) is 2.32. The van der Waals surface area contributed by atoms with Gasteiger partial charge in [0.2, 0.25) is 0 Å². The van der Waals surface area contributed by atoms with Crippen LogP contribution >= 0.6 is 0 Å². The number of likely N-dealkylation sites (tertiary alicyclic amines) is 1. The molecule has 2 heteroatoms. The van der Waals surface area contributed by atoms with Crippen molar-refractivity contribution in [1.82, 2.24) is 4.90 Å². The number of benzene rings is 1. The van der Waals surface area contributed by atoms with Gasteiger partial charge in [0, 0.05) is 0 Å². The van der Waals surface area contributed by atoms with E-state index in [4.69, 9.17) is 0 Å². The van der Waals surface area contributed by atoms with Crippen LogP contribution in [0.2, 0.25) is 0 Å². The number of rotatable bonds is 1. The Bertz CT molecular complexity index is 242. The van der Waals surface area contributed by atoms with Gasteiger partial charge in [-0.25, -0.2) is 4.39 Å². The Morgan fingerprint density at radius 2 is 1.67 bits per heavy atom. The SMILES string of the molecule is CCN1CCCCC1.Fc1ccccc1. The van der Waals surface area contributed by atoms with Gasteiger partial charge < -0.3 is 4.90 Å². The molecular formula is C13H20FN. The van der Waals surface area contributed by atoms with Gasteiger partial charge in [-0.2, -0.15) is 0 Å². The smallest absolute Gasteiger partial charge is 0.123 e. The maximum absolute atomic E-state index is 11.9. The molecule has 84 valence electrons. The summed E-state index contributed by atoms with van der Waals surface area (Å²) in [5.74, 6) is -0.178. The van der Waals surface area contributed by atoms with Gasteiger partial charge >= 0.3 is 0 Å². The van der Waals surface area contributed by atoms with Crippen LogP contribution in [0.1, 0.15) is 26.2 Å². The standard InChI is InChI=1S/C7H15N.C6H5F/c1-2-8-6-4-3-5-7-8;7-6-4-2-1-3-5-6/h2-7H2,1H3;1-5H. The van der Waals surface area contributed by atoms with E-state index >= 15 is 0 Å². The van der Waals surface area contributed by atoms with Crippen LogP contribution in [0.3, 0.4) is 0 Å². The summed E-state index contributed by atoms with van der Waals surface area (Å²) in [6, 6.07) is 7.94. The molecule has 0 atom stereocenters. The number of hydrogen-bond acceptors (Lipinski definition) is 1. The third-order valence-corrected chi connectivity index (χ3v) is 2.63. The second-order valence-corrected chi connectivity index (χ2v) is 3.79. The Kier molecular flexibility index (Phi) is 6.02. The Morgan fingerprint density at radius 1 is 1.07 bits per heavy atom. The quantitative estimate of drug-likeness (QED) is 0.686. The summed E-state index contributed by atoms with van der Waals surface area (Å²) in [4.78, 5) is 2.52. The Labute approximate surface area is 91.9 Å². The van der Waals surface area contributed by atoms with Gasteiger partial charge in [-0.1, -0.05) is 31.5 Å². The Morgan fingerprint density at radius 3 is 2.00 bits per heavy atom. The molecule has 0 spiro atoms. The predicted octanol–water partition coefficient (Wildman–Crippen LogP) is 3.32. The van der Waals surface area contributed by atoms with E-state index in [0.717, 1.165) is 0 Å². The predicted molar refractivity (Wildman–Crippen MR) is 62.4 cm³/mol. The first kappa shape index (κ1) is 12.2. The topological polar surface area (TPSA) is 3.24 Å². The van der Waals surface area contributed by atoms with Crippen molar-refractivity contribution in [2.24, 2.45) is 0 Å². The molecule has 0 N–H and O–H groups in total. The molecule has 0 bridgehead atoms. The summed E-state index contributed by atoms with van der Waals surface area (Å²) in [7, 11) is 0. The normalized spacial score (nSPS) is 16.7. The van der Waals surface area contributed by atoms with Gasteiger partial charge in [-0.15, -0.1) is 0 Å². The van der Waals surface area contributed by atoms with E-state index in [0.29, 0.717) is 0 Å². The minimum atomic E-state index is -0.178. The van der Waals surface area contributed by atoms with E-state index in [1.807, 2.05) is 0 Å². The van der Waals surface area contributed by atoms with Crippen molar-refractivity contribution in [3.05, 3.63) is 36.1 Å². The second kappa shape index (κ2) is 7.41. The zero-order valence-corrected chi connectivity index (χ0v) is 9.45. The maximum atomic E-state index is 11.9. The molecular weight excluding hydrogens is 189 g/mol. The first-order valence-electron chi connectivity index (χ1n) is 5.76. The first-order chi connectivity index (χ1) is 7.33. The molecule has 1 aliphatic heterocycles. The van der Waals surface area contributed by atoms with E-state index in [-0.39, 0.29) is 5.82 Å². The van der Waals surface area contributed by atoms with Crippen molar-refractivity contribution in [2.45, 2.75) is 26.2 Å². The van der Waals surface area contributed by atoms with Crippen LogP contribution in [0.15, 0.2) is 30.3 Å². The lowest BCUT2D eigenvalue weighted by molar-refractivity contribution is 0.240. The van der Waals surface area contributed by atoms with Crippen LogP contribution < -0.4 is 0 Å². The molecule has 1 fully saturated rings. The monoisotopic (exact) mass is 209 g/mol. The van der Waals surface area contributed by atoms with Crippen LogP contribution in [0.25, 0.3) is 0 Å². The number of hydrogen-bond donors (Lipinski definition) is 0. The van der Waals surface area contributed by atoms with Crippen molar-refractivity contribution in [3.63, 3.8) is 0 Å². The van der Waals surface area contributed by atoms with E-state index in [1.54, 1.807) is 18.2 Å². The summed E-state index contributed by atoms with van der Waals surface area (Å²) in [5, 5.41) is 0. The highest BCUT2D eigenvalue weighted by atomic mass is 19.1. The van der Waals surface area contributed by atoms with Crippen LogP contribution in [-0.2, 0) is 0 Å². The van der Waals surface area contributed by atoms with Gasteiger partial charge in [-0.3, -0.25) is 0 Å². The third kappa shape index (κ3) is 5.53. The molecule has 1 aromatic carbocycles. The molecule has 2 rings (SSSR count). The lowest BCUT2D eigenvalue weighted by Gasteiger charge is -2.24. The first-order valence-corrected chi connectivity index (χ1v) is 5.76. The largest absolute Gasteiger partial charge is 0.304 e. The van der Waals surface area contributed by atoms with Crippen molar-refractivity contribution >= 4 is 0 Å². The zero-order valence-electron chi connectivity index (χ0n) is 9.45. The van der Waals surface area contributed by atoms with Crippen LogP contribution in [0.5, 0.6) is 0 Å². The van der Waals surface area contributed by atoms with Crippen LogP contribution in [-0.4, -0.2) is 24.5 Å². The molecule has 0 aromatic heterocycles. The molecule has 0 amide bonds. The number of piperidine rings is 1. The Balaban J connectivity index is 0.000000151. The lowest BCUT2D eigenvalue weighted by atomic mass is 10.1. The molecule has 1 nitrogen and oxygen atoms in total. The maximum Gasteiger partial charge on any atom is 0.123 e. The van der Waals surface area contributed by atoms with Gasteiger partial charge in [0.1, 0.15) is 5.82 Å². The van der Waals surface area contributed by atoms with E-state index in [2.05, 4.69) is 11.8 Å². The van der Waals surface area contributed by atoms with Gasteiger partial charge in [0.25, 0.3) is 0 Å². The molecule has 1 aromatic rings. The highest BCUT2D eigenvalue weighted by Gasteiger charge is 2.05. The molecule has 1 heterocycles. The van der Waals surface area contributed by atoms with Crippen molar-refractivity contribution in [3.8, 4) is 0 Å². The summed E-state index contributed by atoms with van der Waals surface area (Å²) < 4.78 is 11.9. The van der Waals surface area contributed by atoms with Crippen molar-refractivity contribution in [2.75, 3.05) is 19.6 Å². The van der Waals surface area contributed by atoms with E-state index in [9.17, 15) is 4.39 Å². The van der Waals surface area contributed by atoms with Crippen molar-refractivity contribution < 1.29 is 4.39 Å². The third-order valence-electron chi connectivity index (χ3n) is 2.63. The average molecular weight is 209 g/mol. The van der Waals surface area contributed by atoms with Gasteiger partial charge in [-0.05, 0) is 44.6 Å². The highest BCUT2D eigenvalue weighted by Crippen LogP contribution is 2.06. The summed E-state index contributed by atoms with van der Waals surface area (Å²) in [5.41, 5.74) is 0. The molecule has 0 saturated carbocycles. The van der Waals surface area contributed by atoms with Gasteiger partial charge in [0.15, 0.2) is 0 Å². The minimum Gasteiger partial charge on any atom is -0.304 e. The highest BCUT2D eigenvalue weighted by molar-refractivity contribution is 5.02. The Hall–Kier alpha value is -0.890. The number of nitrogens with zero attached hydrogens (tertiary/aromatic N) is 1. The lowest BCUT2D eigenvalue weighted by Crippen LogP contribution is -2.29. The molecule has 0 unspecified atom stereocenters. The van der Waals surface area contributed by atoms with Crippen molar-refractivity contribution in [1.29, 1.82) is 0 Å². The minimum absolute atomic E-state index is 0.178. The fourth-order valence-electron chi connectivity index (χ4n) is 1.69. The summed E-state index contributed by atoms with van der Waals surface area (Å²) in [6.45, 7) is 6.18. The fourth-order valence-corrected chi connectivity index (χ4v) is 1.69. The zero-order chi connectivity index (χ0) is 10.9. The molecule has 1 aliphatic rings. The van der Waals surface area contributed by atoms with Crippen LogP contribution in [0, 0.1) is 5.82 Å². The van der Waals surface area contributed by atoms with E-state index < -0.39 is 0 Å².